The van der Waals surface area contributed by atoms with Gasteiger partial charge in [-0.15, -0.1) is 0 Å². The summed E-state index contributed by atoms with van der Waals surface area (Å²) in [5, 5.41) is 0. The molecule has 0 amide bonds. The zero-order valence-corrected chi connectivity index (χ0v) is 26.3. The van der Waals surface area contributed by atoms with Crippen molar-refractivity contribution in [2.45, 2.75) is 174 Å². The summed E-state index contributed by atoms with van der Waals surface area (Å²) in [5.74, 6) is 0.0106. The number of unbranched alkanes of at least 4 members (excludes halogenated alkanes) is 16. The van der Waals surface area contributed by atoms with Crippen LogP contribution in [0.1, 0.15) is 168 Å². The number of esters is 1. The van der Waals surface area contributed by atoms with E-state index in [9.17, 15) is 4.79 Å². The van der Waals surface area contributed by atoms with Gasteiger partial charge in [0.15, 0.2) is 0 Å². The third-order valence-corrected chi connectivity index (χ3v) is 7.39. The maximum Gasteiger partial charge on any atom is 0.306 e. The lowest BCUT2D eigenvalue weighted by atomic mass is 10.0. The van der Waals surface area contributed by atoms with E-state index in [0.29, 0.717) is 6.42 Å². The molecule has 0 radical (unpaired) electrons. The number of carbonyl (C=O) groups excluding carboxylic acids is 1. The molecule has 1 atom stereocenters. The van der Waals surface area contributed by atoms with Crippen molar-refractivity contribution >= 4 is 5.97 Å². The second-order valence-corrected chi connectivity index (χ2v) is 11.7. The Kier molecular flexibility index (Phi) is 29.6. The maximum absolute atomic E-state index is 12.4. The topological polar surface area (TPSA) is 29.5 Å². The predicted molar refractivity (Wildman–Crippen MR) is 169 cm³/mol. The number of carbonyl (C=O) groups is 1. The molecule has 0 aromatic carbocycles. The second-order valence-electron chi connectivity index (χ2n) is 11.7. The first-order valence-electron chi connectivity index (χ1n) is 16.7. The molecule has 0 saturated carbocycles. The van der Waals surface area contributed by atoms with Gasteiger partial charge in [-0.2, -0.15) is 0 Å². The van der Waals surface area contributed by atoms with E-state index in [1.807, 2.05) is 0 Å². The third kappa shape index (κ3) is 29.5. The number of rotatable bonds is 29. The van der Waals surface area contributed by atoms with Gasteiger partial charge in [-0.3, -0.25) is 4.79 Å². The van der Waals surface area contributed by atoms with Crippen LogP contribution in [-0.2, 0) is 9.53 Å². The molecule has 0 aromatic rings. The average molecular weight is 534 g/mol. The van der Waals surface area contributed by atoms with Crippen molar-refractivity contribution in [3.8, 4) is 0 Å². The van der Waals surface area contributed by atoms with Gasteiger partial charge in [0.2, 0.25) is 0 Å². The van der Waals surface area contributed by atoms with E-state index >= 15 is 0 Å². The van der Waals surface area contributed by atoms with Gasteiger partial charge >= 0.3 is 5.97 Å². The number of hydrogen-bond acceptors (Lipinski definition) is 3. The van der Waals surface area contributed by atoms with E-state index in [4.69, 9.17) is 4.74 Å². The van der Waals surface area contributed by atoms with Gasteiger partial charge in [0.05, 0.1) is 0 Å². The van der Waals surface area contributed by atoms with Crippen LogP contribution in [0.15, 0.2) is 24.3 Å². The Morgan fingerprint density at radius 1 is 0.605 bits per heavy atom. The number of ether oxygens (including phenoxy) is 1. The van der Waals surface area contributed by atoms with Crippen LogP contribution < -0.4 is 0 Å². The van der Waals surface area contributed by atoms with Gasteiger partial charge in [0, 0.05) is 6.42 Å². The molecule has 3 heteroatoms. The molecule has 0 rings (SSSR count). The van der Waals surface area contributed by atoms with Gasteiger partial charge in [0.1, 0.15) is 6.10 Å². The largest absolute Gasteiger partial charge is 0.462 e. The second kappa shape index (κ2) is 30.5. The number of hydrogen-bond donors (Lipinski definition) is 0. The first kappa shape index (κ1) is 36.9. The molecular formula is C35H67NO2. The van der Waals surface area contributed by atoms with Crippen LogP contribution in [0.25, 0.3) is 0 Å². The smallest absolute Gasteiger partial charge is 0.306 e. The van der Waals surface area contributed by atoms with Crippen LogP contribution in [0, 0.1) is 0 Å². The van der Waals surface area contributed by atoms with Crippen molar-refractivity contribution in [2.75, 3.05) is 20.6 Å². The molecule has 38 heavy (non-hydrogen) atoms. The standard InChI is InChI=1S/C35H67NO2/c1-5-7-9-11-13-15-16-17-18-19-20-21-22-24-26-28-31-34(38-35(37)32-29-33-36(3)4)30-27-25-23-14-12-10-8-6-2/h13,15,17-18,34H,5-12,14,16,19-33H2,1-4H3/b15-13-,18-17-. The minimum Gasteiger partial charge on any atom is -0.462 e. The van der Waals surface area contributed by atoms with E-state index in [2.05, 4.69) is 57.1 Å². The summed E-state index contributed by atoms with van der Waals surface area (Å²) in [6.07, 6.45) is 38.9. The predicted octanol–water partition coefficient (Wildman–Crippen LogP) is 11.0. The van der Waals surface area contributed by atoms with E-state index < -0.39 is 0 Å². The number of allylic oxidation sites excluding steroid dienone is 4. The molecule has 1 unspecified atom stereocenters. The Labute approximate surface area is 239 Å². The summed E-state index contributed by atoms with van der Waals surface area (Å²) >= 11 is 0. The summed E-state index contributed by atoms with van der Waals surface area (Å²) in [5.41, 5.74) is 0. The SMILES string of the molecule is CCCCC/C=C\C/C=C\CCCCCCCCC(CCCCCCCCCC)OC(=O)CCCN(C)C. The summed E-state index contributed by atoms with van der Waals surface area (Å²) in [6.45, 7) is 5.48. The lowest BCUT2D eigenvalue weighted by Crippen LogP contribution is -2.20. The van der Waals surface area contributed by atoms with Crippen LogP contribution in [0.3, 0.4) is 0 Å². The highest BCUT2D eigenvalue weighted by Gasteiger charge is 2.14. The van der Waals surface area contributed by atoms with Crippen LogP contribution in [0.4, 0.5) is 0 Å². The molecule has 0 aliphatic carbocycles. The molecule has 224 valence electrons. The Morgan fingerprint density at radius 3 is 1.58 bits per heavy atom. The highest BCUT2D eigenvalue weighted by Crippen LogP contribution is 2.18. The molecule has 0 N–H and O–H groups in total. The fourth-order valence-corrected chi connectivity index (χ4v) is 4.91. The first-order valence-corrected chi connectivity index (χ1v) is 16.7. The first-order chi connectivity index (χ1) is 18.6. The molecule has 3 nitrogen and oxygen atoms in total. The molecule has 0 aromatic heterocycles. The molecule has 0 aliphatic heterocycles. The summed E-state index contributed by atoms with van der Waals surface area (Å²) in [4.78, 5) is 14.5. The minimum atomic E-state index is 0.0106. The van der Waals surface area contributed by atoms with Crippen LogP contribution >= 0.6 is 0 Å². The Hall–Kier alpha value is -1.09. The quantitative estimate of drug-likeness (QED) is 0.0544. The molecular weight excluding hydrogens is 466 g/mol. The molecule has 0 heterocycles. The lowest BCUT2D eigenvalue weighted by Gasteiger charge is -2.18. The molecule has 0 saturated heterocycles. The van der Waals surface area contributed by atoms with E-state index in [-0.39, 0.29) is 12.1 Å². The summed E-state index contributed by atoms with van der Waals surface area (Å²) < 4.78 is 5.95. The van der Waals surface area contributed by atoms with Crippen LogP contribution in [0.2, 0.25) is 0 Å². The van der Waals surface area contributed by atoms with Gasteiger partial charge in [0.25, 0.3) is 0 Å². The van der Waals surface area contributed by atoms with Crippen LogP contribution in [-0.4, -0.2) is 37.6 Å². The Morgan fingerprint density at radius 2 is 1.05 bits per heavy atom. The van der Waals surface area contributed by atoms with E-state index in [1.165, 1.54) is 122 Å². The van der Waals surface area contributed by atoms with Gasteiger partial charge in [-0.05, 0) is 84.8 Å². The van der Waals surface area contributed by atoms with Gasteiger partial charge < -0.3 is 9.64 Å². The molecule has 0 spiro atoms. The fourth-order valence-electron chi connectivity index (χ4n) is 4.91. The fraction of sp³-hybridized carbons (Fsp3) is 0.857. The van der Waals surface area contributed by atoms with Crippen molar-refractivity contribution < 1.29 is 9.53 Å². The van der Waals surface area contributed by atoms with Gasteiger partial charge in [-0.1, -0.05) is 122 Å². The van der Waals surface area contributed by atoms with Crippen molar-refractivity contribution in [1.82, 2.24) is 4.90 Å². The van der Waals surface area contributed by atoms with E-state index in [1.54, 1.807) is 0 Å². The molecule has 0 aliphatic rings. The summed E-state index contributed by atoms with van der Waals surface area (Å²) in [7, 11) is 4.12. The third-order valence-electron chi connectivity index (χ3n) is 7.39. The highest BCUT2D eigenvalue weighted by atomic mass is 16.5. The lowest BCUT2D eigenvalue weighted by molar-refractivity contribution is -0.150. The number of nitrogens with zero attached hydrogens (tertiary/aromatic N) is 1. The minimum absolute atomic E-state index is 0.0106. The van der Waals surface area contributed by atoms with Crippen molar-refractivity contribution in [3.05, 3.63) is 24.3 Å². The van der Waals surface area contributed by atoms with E-state index in [0.717, 1.165) is 32.2 Å². The van der Waals surface area contributed by atoms with Crippen LogP contribution in [0.5, 0.6) is 0 Å². The molecule has 0 fully saturated rings. The summed E-state index contributed by atoms with van der Waals surface area (Å²) in [6, 6.07) is 0. The van der Waals surface area contributed by atoms with Crippen molar-refractivity contribution in [3.63, 3.8) is 0 Å². The Bertz CT molecular complexity index is 540. The monoisotopic (exact) mass is 534 g/mol. The maximum atomic E-state index is 12.4. The molecule has 0 bridgehead atoms. The zero-order chi connectivity index (χ0) is 27.9. The highest BCUT2D eigenvalue weighted by molar-refractivity contribution is 5.69. The zero-order valence-electron chi connectivity index (χ0n) is 26.3. The average Bonchev–Trinajstić information content (AvgIpc) is 2.89. The van der Waals surface area contributed by atoms with Crippen molar-refractivity contribution in [2.24, 2.45) is 0 Å². The van der Waals surface area contributed by atoms with Crippen molar-refractivity contribution in [1.29, 1.82) is 0 Å². The Balaban J connectivity index is 3.95. The normalized spacial score (nSPS) is 12.8. The van der Waals surface area contributed by atoms with Gasteiger partial charge in [-0.25, -0.2) is 0 Å².